The molecule has 0 unspecified atom stereocenters. The maximum absolute atomic E-state index is 13.1. The van der Waals surface area contributed by atoms with E-state index in [2.05, 4.69) is 21.2 Å². The van der Waals surface area contributed by atoms with E-state index in [4.69, 9.17) is 21.5 Å². The molecule has 3 N–H and O–H groups in total. The molecular weight excluding hydrogens is 487 g/mol. The normalized spacial score (nSPS) is 11.2. The van der Waals surface area contributed by atoms with Crippen molar-refractivity contribution in [1.82, 2.24) is 0 Å². The molecular formula is C19H13BrClFN2O4S. The number of carbonyl (C=O) groups is 1. The van der Waals surface area contributed by atoms with Crippen molar-refractivity contribution in [2.75, 3.05) is 5.32 Å². The largest absolute Gasteiger partial charge is 0.456 e. The van der Waals surface area contributed by atoms with Gasteiger partial charge in [0.15, 0.2) is 0 Å². The molecule has 1 amide bonds. The zero-order valence-corrected chi connectivity index (χ0v) is 17.7. The molecule has 150 valence electrons. The summed E-state index contributed by atoms with van der Waals surface area (Å²) in [5.74, 6) is -0.579. The number of nitrogens with one attached hydrogen (secondary N) is 1. The molecule has 0 fully saturated rings. The van der Waals surface area contributed by atoms with Gasteiger partial charge in [0.25, 0.3) is 5.91 Å². The van der Waals surface area contributed by atoms with Crippen LogP contribution in [0, 0.1) is 5.82 Å². The number of anilines is 1. The van der Waals surface area contributed by atoms with Crippen molar-refractivity contribution in [1.29, 1.82) is 0 Å². The number of benzene rings is 3. The van der Waals surface area contributed by atoms with Crippen LogP contribution in [0.25, 0.3) is 0 Å². The second kappa shape index (κ2) is 8.50. The summed E-state index contributed by atoms with van der Waals surface area (Å²) in [4.78, 5) is 12.7. The zero-order chi connectivity index (χ0) is 21.2. The Morgan fingerprint density at radius 1 is 1.10 bits per heavy atom. The van der Waals surface area contributed by atoms with E-state index in [1.165, 1.54) is 60.7 Å². The van der Waals surface area contributed by atoms with Crippen LogP contribution in [0.15, 0.2) is 70.0 Å². The topological polar surface area (TPSA) is 98.5 Å². The Hall–Kier alpha value is -2.46. The molecule has 0 radical (unpaired) electrons. The molecule has 3 aromatic carbocycles. The van der Waals surface area contributed by atoms with E-state index in [0.29, 0.717) is 15.2 Å². The first kappa shape index (κ1) is 21.3. The standard InChI is InChI=1S/C19H13BrClFN2O4S/c20-16-9-15(18(10-17(16)21)28-13-6-4-11(22)5-7-13)19(25)24-12-2-1-3-14(8-12)29(23,26)27/h1-10H,(H,24,25)(H2,23,26,27). The summed E-state index contributed by atoms with van der Waals surface area (Å²) >= 11 is 9.37. The van der Waals surface area contributed by atoms with Crippen molar-refractivity contribution >= 4 is 49.1 Å². The molecule has 6 nitrogen and oxygen atoms in total. The summed E-state index contributed by atoms with van der Waals surface area (Å²) in [7, 11) is -3.92. The molecule has 10 heteroatoms. The van der Waals surface area contributed by atoms with Gasteiger partial charge in [0.1, 0.15) is 17.3 Å². The van der Waals surface area contributed by atoms with E-state index in [1.807, 2.05) is 0 Å². The van der Waals surface area contributed by atoms with Crippen molar-refractivity contribution in [3.05, 3.63) is 81.5 Å². The number of halogens is 3. The number of hydrogen-bond acceptors (Lipinski definition) is 4. The minimum atomic E-state index is -3.92. The van der Waals surface area contributed by atoms with E-state index in [0.717, 1.165) is 0 Å². The number of rotatable bonds is 5. The minimum absolute atomic E-state index is 0.117. The Labute approximate surface area is 179 Å². The fraction of sp³-hybridized carbons (Fsp3) is 0. The SMILES string of the molecule is NS(=O)(=O)c1cccc(NC(=O)c2cc(Br)c(Cl)cc2Oc2ccc(F)cc2)c1. The third-order valence-electron chi connectivity index (χ3n) is 3.73. The number of sulfonamides is 1. The van der Waals surface area contributed by atoms with Gasteiger partial charge in [-0.2, -0.15) is 0 Å². The van der Waals surface area contributed by atoms with Crippen molar-refractivity contribution in [2.24, 2.45) is 5.14 Å². The Morgan fingerprint density at radius 2 is 1.79 bits per heavy atom. The fourth-order valence-electron chi connectivity index (χ4n) is 2.37. The first-order chi connectivity index (χ1) is 13.6. The quantitative estimate of drug-likeness (QED) is 0.520. The third-order valence-corrected chi connectivity index (χ3v) is 5.84. The van der Waals surface area contributed by atoms with Crippen LogP contribution in [-0.2, 0) is 10.0 Å². The van der Waals surface area contributed by atoms with Crippen LogP contribution in [-0.4, -0.2) is 14.3 Å². The number of nitrogens with two attached hydrogens (primary N) is 1. The highest BCUT2D eigenvalue weighted by molar-refractivity contribution is 9.10. The van der Waals surface area contributed by atoms with Gasteiger partial charge in [0.2, 0.25) is 10.0 Å². The molecule has 0 spiro atoms. The highest BCUT2D eigenvalue weighted by atomic mass is 79.9. The molecule has 0 saturated heterocycles. The Balaban J connectivity index is 1.94. The molecule has 0 heterocycles. The van der Waals surface area contributed by atoms with Crippen LogP contribution in [0.1, 0.15) is 10.4 Å². The maximum atomic E-state index is 13.1. The lowest BCUT2D eigenvalue weighted by Crippen LogP contribution is -2.15. The van der Waals surface area contributed by atoms with Gasteiger partial charge in [0.05, 0.1) is 15.5 Å². The average Bonchev–Trinajstić information content (AvgIpc) is 2.66. The van der Waals surface area contributed by atoms with Gasteiger partial charge in [-0.3, -0.25) is 4.79 Å². The predicted octanol–water partition coefficient (Wildman–Crippen LogP) is 4.93. The summed E-state index contributed by atoms with van der Waals surface area (Å²) in [5, 5.41) is 8.01. The maximum Gasteiger partial charge on any atom is 0.259 e. The molecule has 0 bridgehead atoms. The van der Waals surface area contributed by atoms with Gasteiger partial charge in [-0.1, -0.05) is 17.7 Å². The molecule has 0 atom stereocenters. The first-order valence-corrected chi connectivity index (χ1v) is 10.7. The number of primary sulfonamides is 1. The summed E-state index contributed by atoms with van der Waals surface area (Å²) in [5.41, 5.74) is 0.340. The monoisotopic (exact) mass is 498 g/mol. The molecule has 0 aliphatic carbocycles. The summed E-state index contributed by atoms with van der Waals surface area (Å²) in [6.45, 7) is 0. The molecule has 0 aromatic heterocycles. The molecule has 3 rings (SSSR count). The van der Waals surface area contributed by atoms with E-state index in [-0.39, 0.29) is 21.9 Å². The van der Waals surface area contributed by atoms with Gasteiger partial charge in [-0.05, 0) is 64.5 Å². The van der Waals surface area contributed by atoms with Crippen LogP contribution in [0.4, 0.5) is 10.1 Å². The van der Waals surface area contributed by atoms with Crippen molar-refractivity contribution in [3.63, 3.8) is 0 Å². The lowest BCUT2D eigenvalue weighted by molar-refractivity contribution is 0.102. The van der Waals surface area contributed by atoms with Gasteiger partial charge >= 0.3 is 0 Å². The Bertz CT molecular complexity index is 1190. The molecule has 0 aliphatic rings. The van der Waals surface area contributed by atoms with Gasteiger partial charge in [-0.25, -0.2) is 17.9 Å². The predicted molar refractivity (Wildman–Crippen MR) is 111 cm³/mol. The molecule has 0 saturated carbocycles. The van der Waals surface area contributed by atoms with Gasteiger partial charge in [0, 0.05) is 16.2 Å². The highest BCUT2D eigenvalue weighted by Gasteiger charge is 2.18. The number of ether oxygens (including phenoxy) is 1. The lowest BCUT2D eigenvalue weighted by atomic mass is 10.1. The van der Waals surface area contributed by atoms with Crippen LogP contribution in [0.3, 0.4) is 0 Å². The van der Waals surface area contributed by atoms with Crippen molar-refractivity contribution in [2.45, 2.75) is 4.90 Å². The highest BCUT2D eigenvalue weighted by Crippen LogP contribution is 2.34. The summed E-state index contributed by atoms with van der Waals surface area (Å²) < 4.78 is 42.3. The molecule has 3 aromatic rings. The fourth-order valence-corrected chi connectivity index (χ4v) is 3.43. The van der Waals surface area contributed by atoms with Crippen LogP contribution >= 0.6 is 27.5 Å². The average molecular weight is 500 g/mol. The second-order valence-electron chi connectivity index (χ2n) is 5.85. The first-order valence-electron chi connectivity index (χ1n) is 8.00. The van der Waals surface area contributed by atoms with E-state index < -0.39 is 21.7 Å². The van der Waals surface area contributed by atoms with Crippen LogP contribution < -0.4 is 15.2 Å². The number of hydrogen-bond donors (Lipinski definition) is 2. The number of carbonyl (C=O) groups excluding carboxylic acids is 1. The van der Waals surface area contributed by atoms with Crippen molar-refractivity contribution < 1.29 is 22.3 Å². The molecule has 0 aliphatic heterocycles. The Kier molecular flexibility index (Phi) is 6.23. The smallest absolute Gasteiger partial charge is 0.259 e. The van der Waals surface area contributed by atoms with E-state index in [9.17, 15) is 17.6 Å². The zero-order valence-electron chi connectivity index (χ0n) is 14.5. The molecule has 29 heavy (non-hydrogen) atoms. The third kappa shape index (κ3) is 5.33. The van der Waals surface area contributed by atoms with Crippen LogP contribution in [0.2, 0.25) is 5.02 Å². The number of amides is 1. The van der Waals surface area contributed by atoms with Gasteiger partial charge < -0.3 is 10.1 Å². The van der Waals surface area contributed by atoms with Crippen LogP contribution in [0.5, 0.6) is 11.5 Å². The van der Waals surface area contributed by atoms with E-state index >= 15 is 0 Å². The summed E-state index contributed by atoms with van der Waals surface area (Å²) in [6.07, 6.45) is 0. The van der Waals surface area contributed by atoms with E-state index in [1.54, 1.807) is 0 Å². The second-order valence-corrected chi connectivity index (χ2v) is 8.67. The summed E-state index contributed by atoms with van der Waals surface area (Å²) in [6, 6.07) is 13.6. The van der Waals surface area contributed by atoms with Gasteiger partial charge in [-0.15, -0.1) is 0 Å². The Morgan fingerprint density at radius 3 is 2.45 bits per heavy atom. The van der Waals surface area contributed by atoms with Crippen molar-refractivity contribution in [3.8, 4) is 11.5 Å². The lowest BCUT2D eigenvalue weighted by Gasteiger charge is -2.13. The minimum Gasteiger partial charge on any atom is -0.456 e.